The van der Waals surface area contributed by atoms with Gasteiger partial charge in [-0.25, -0.2) is 9.79 Å². The van der Waals surface area contributed by atoms with Gasteiger partial charge in [0.05, 0.1) is 30.7 Å². The number of aliphatic hydroxyl groups is 2. The van der Waals surface area contributed by atoms with Crippen LogP contribution < -0.4 is 5.73 Å². The average molecular weight is 751 g/mol. The molecule has 4 saturated carbocycles. The van der Waals surface area contributed by atoms with Crippen LogP contribution in [-0.2, 0) is 39.7 Å². The molecule has 4 heterocycles. The summed E-state index contributed by atoms with van der Waals surface area (Å²) >= 11 is 1.49. The molecule has 8 aliphatic rings. The third kappa shape index (κ3) is 5.43. The van der Waals surface area contributed by atoms with Gasteiger partial charge in [0.2, 0.25) is 6.29 Å². The molecule has 0 bridgehead atoms. The molecule has 4 aliphatic heterocycles. The van der Waals surface area contributed by atoms with Crippen molar-refractivity contribution in [3.05, 3.63) is 47.5 Å². The molecule has 0 radical (unpaired) electrons. The lowest BCUT2D eigenvalue weighted by atomic mass is 9.39. The van der Waals surface area contributed by atoms with Crippen molar-refractivity contribution in [3.63, 3.8) is 0 Å². The van der Waals surface area contributed by atoms with Gasteiger partial charge in [0.1, 0.15) is 12.4 Å². The fraction of sp³-hybridized carbons (Fsp3) is 0.732. The van der Waals surface area contributed by atoms with Gasteiger partial charge in [-0.1, -0.05) is 37.3 Å². The summed E-state index contributed by atoms with van der Waals surface area (Å²) < 4.78 is 31.7. The Morgan fingerprint density at radius 2 is 1.91 bits per heavy atom. The molecule has 12 heteroatoms. The predicted molar refractivity (Wildman–Crippen MR) is 196 cm³/mol. The number of carbonyl (C=O) groups excluding carboxylic acids is 2. The number of esters is 2. The van der Waals surface area contributed by atoms with E-state index in [-0.39, 0.29) is 78.3 Å². The molecule has 11 nitrogen and oxygen atoms in total. The minimum atomic E-state index is -1.84. The Bertz CT molecular complexity index is 1690. The van der Waals surface area contributed by atoms with Gasteiger partial charge >= 0.3 is 11.9 Å². The van der Waals surface area contributed by atoms with Gasteiger partial charge in [0.25, 0.3) is 5.79 Å². The number of nitrogens with two attached hydrogens (primary N) is 1. The quantitative estimate of drug-likeness (QED) is 0.263. The number of benzene rings is 1. The molecule has 1 spiro atoms. The van der Waals surface area contributed by atoms with E-state index in [0.29, 0.717) is 43.9 Å². The molecule has 288 valence electrons. The van der Waals surface area contributed by atoms with E-state index in [4.69, 9.17) is 34.4 Å². The molecular formula is C41H54N2O9S. The van der Waals surface area contributed by atoms with Gasteiger partial charge in [-0.05, 0) is 105 Å². The SMILES string of the molecule is C[C@@H]1C[C@@]2(N=C(N)CS2)C2(O)O[C@@H]3C[C@@]4(COC(=O)CCc5ccccc5)[C@@H](CC[C@@H]5[C@@H]4CC[C@]4(C)[C@@H](C6=CC(=O)OC6)CC[C@]54CO)C[C@H]3O[C@@H]2O1. The van der Waals surface area contributed by atoms with Gasteiger partial charge in [-0.3, -0.25) is 4.79 Å². The highest BCUT2D eigenvalue weighted by atomic mass is 32.2. The average Bonchev–Trinajstić information content (AvgIpc) is 3.83. The highest BCUT2D eigenvalue weighted by molar-refractivity contribution is 8.01. The molecular weight excluding hydrogens is 697 g/mol. The van der Waals surface area contributed by atoms with Crippen molar-refractivity contribution in [1.82, 2.24) is 0 Å². The number of hydrogen-bond acceptors (Lipinski definition) is 12. The number of carbonyl (C=O) groups is 2. The van der Waals surface area contributed by atoms with Gasteiger partial charge in [-0.2, -0.15) is 0 Å². The summed E-state index contributed by atoms with van der Waals surface area (Å²) in [5.41, 5.74) is 7.38. The molecule has 0 amide bonds. The zero-order valence-electron chi connectivity index (χ0n) is 30.9. The largest absolute Gasteiger partial charge is 0.465 e. The Kier molecular flexibility index (Phi) is 8.91. The Morgan fingerprint density at radius 3 is 2.64 bits per heavy atom. The smallest absolute Gasteiger partial charge is 0.331 e. The highest BCUT2D eigenvalue weighted by Gasteiger charge is 2.73. The maximum Gasteiger partial charge on any atom is 0.331 e. The zero-order chi connectivity index (χ0) is 36.8. The van der Waals surface area contributed by atoms with Crippen LogP contribution in [0, 0.1) is 39.9 Å². The number of rotatable bonds is 7. The van der Waals surface area contributed by atoms with Crippen LogP contribution in [0.2, 0.25) is 0 Å². The summed E-state index contributed by atoms with van der Waals surface area (Å²) in [7, 11) is 0. The number of aliphatic imine (C=N–C) groups is 1. The first-order valence-electron chi connectivity index (χ1n) is 19.8. The van der Waals surface area contributed by atoms with Crippen molar-refractivity contribution in [2.75, 3.05) is 25.6 Å². The van der Waals surface area contributed by atoms with Crippen LogP contribution in [-0.4, -0.2) is 88.8 Å². The van der Waals surface area contributed by atoms with Crippen LogP contribution in [0.3, 0.4) is 0 Å². The number of aryl methyl sites for hydroxylation is 1. The summed E-state index contributed by atoms with van der Waals surface area (Å²) in [5, 5.41) is 24.0. The van der Waals surface area contributed by atoms with Crippen LogP contribution in [0.25, 0.3) is 0 Å². The maximum absolute atomic E-state index is 13.6. The lowest BCUT2D eigenvalue weighted by molar-refractivity contribution is -0.447. The van der Waals surface area contributed by atoms with Gasteiger partial charge < -0.3 is 39.6 Å². The number of amidine groups is 1. The molecule has 9 rings (SSSR count). The topological polar surface area (TPSA) is 159 Å². The van der Waals surface area contributed by atoms with Crippen LogP contribution >= 0.6 is 11.8 Å². The maximum atomic E-state index is 13.6. The Balaban J connectivity index is 1.05. The first-order chi connectivity index (χ1) is 25.4. The molecule has 1 aromatic rings. The summed E-state index contributed by atoms with van der Waals surface area (Å²) in [4.78, 5) is 29.5. The molecule has 4 aliphatic carbocycles. The first kappa shape index (κ1) is 36.2. The number of aliphatic hydroxyl groups excluding tert-OH is 1. The number of fused-ring (bicyclic) bond motifs is 8. The third-order valence-corrected chi connectivity index (χ3v) is 16.9. The van der Waals surface area contributed by atoms with Crippen molar-refractivity contribution in [1.29, 1.82) is 0 Å². The van der Waals surface area contributed by atoms with E-state index < -0.39 is 28.5 Å². The Labute approximate surface area is 315 Å². The molecule has 2 saturated heterocycles. The van der Waals surface area contributed by atoms with Crippen molar-refractivity contribution in [2.45, 2.75) is 120 Å². The van der Waals surface area contributed by atoms with Crippen LogP contribution in [0.15, 0.2) is 47.0 Å². The second-order valence-corrected chi connectivity index (χ2v) is 18.9. The molecule has 1 unspecified atom stereocenters. The van der Waals surface area contributed by atoms with Crippen molar-refractivity contribution in [3.8, 4) is 0 Å². The minimum absolute atomic E-state index is 0.0721. The van der Waals surface area contributed by atoms with E-state index in [2.05, 4.69) is 6.92 Å². The molecule has 53 heavy (non-hydrogen) atoms. The van der Waals surface area contributed by atoms with E-state index in [1.54, 1.807) is 6.08 Å². The van der Waals surface area contributed by atoms with Crippen molar-refractivity contribution < 1.29 is 43.5 Å². The normalized spacial score (nSPS) is 47.0. The summed E-state index contributed by atoms with van der Waals surface area (Å²) in [6, 6.07) is 10.00. The minimum Gasteiger partial charge on any atom is -0.465 e. The van der Waals surface area contributed by atoms with Crippen molar-refractivity contribution in [2.24, 2.45) is 50.6 Å². The van der Waals surface area contributed by atoms with Gasteiger partial charge in [0.15, 0.2) is 4.87 Å². The second kappa shape index (κ2) is 13.0. The Hall–Kier alpha value is -2.48. The van der Waals surface area contributed by atoms with E-state index in [1.165, 1.54) is 11.8 Å². The fourth-order valence-corrected chi connectivity index (χ4v) is 14.3. The standard InChI is InChI=1S/C41H54N2O9S/c1-24-18-40(43-33(42)21-53-40)41(47)36(50-24)51-31-17-27-9-10-30-29(12-14-37(2)28(13-15-39(30,37)22-44)26-16-35(46)48-20-26)38(27,19-32(31)52-41)23-49-34(45)11-8-25-6-4-3-5-7-25/h3-7,16,24,27-32,36,44,47H,8-15,17-23H2,1-2H3,(H2,42,43)/t24-,27+,28-,29+,30-,31-,32-,36+,37-,38-,39+,40+,41?/m1/s1. The van der Waals surface area contributed by atoms with E-state index >= 15 is 0 Å². The molecule has 6 fully saturated rings. The molecule has 1 aromatic carbocycles. The molecule has 4 N–H and O–H groups in total. The number of cyclic esters (lactones) is 1. The number of thioether (sulfide) groups is 1. The zero-order valence-corrected chi connectivity index (χ0v) is 31.7. The van der Waals surface area contributed by atoms with E-state index in [1.807, 2.05) is 37.3 Å². The number of nitrogens with zero attached hydrogens (tertiary/aromatic N) is 1. The van der Waals surface area contributed by atoms with Gasteiger partial charge in [0, 0.05) is 36.4 Å². The Morgan fingerprint density at radius 1 is 1.08 bits per heavy atom. The molecule has 13 atom stereocenters. The van der Waals surface area contributed by atoms with E-state index in [0.717, 1.165) is 49.7 Å². The third-order valence-electron chi connectivity index (χ3n) is 15.4. The summed E-state index contributed by atoms with van der Waals surface area (Å²) in [5.74, 6) is -0.670. The van der Waals surface area contributed by atoms with E-state index in [9.17, 15) is 19.8 Å². The van der Waals surface area contributed by atoms with Crippen LogP contribution in [0.5, 0.6) is 0 Å². The second-order valence-electron chi connectivity index (χ2n) is 17.7. The van der Waals surface area contributed by atoms with Crippen molar-refractivity contribution >= 4 is 29.5 Å². The number of hydrogen-bond donors (Lipinski definition) is 3. The fourth-order valence-electron chi connectivity index (χ4n) is 13.0. The summed E-state index contributed by atoms with van der Waals surface area (Å²) in [6.07, 6.45) is 7.72. The lowest BCUT2D eigenvalue weighted by Gasteiger charge is -2.67. The monoisotopic (exact) mass is 750 g/mol. The molecule has 0 aromatic heterocycles. The highest BCUT2D eigenvalue weighted by Crippen LogP contribution is 2.74. The number of ether oxygens (including phenoxy) is 5. The predicted octanol–water partition coefficient (Wildman–Crippen LogP) is 4.66. The summed E-state index contributed by atoms with van der Waals surface area (Å²) in [6.45, 7) is 4.97. The van der Waals surface area contributed by atoms with Crippen LogP contribution in [0.4, 0.5) is 0 Å². The van der Waals surface area contributed by atoms with Crippen LogP contribution in [0.1, 0.15) is 83.6 Å². The first-order valence-corrected chi connectivity index (χ1v) is 20.8. The lowest BCUT2D eigenvalue weighted by Crippen LogP contribution is -2.73. The van der Waals surface area contributed by atoms with Gasteiger partial charge in [-0.15, -0.1) is 11.8 Å².